The molecular formula is C25H26N4O2. The molecule has 31 heavy (non-hydrogen) atoms. The van der Waals surface area contributed by atoms with Crippen LogP contribution in [0.3, 0.4) is 0 Å². The normalized spacial score (nSPS) is 12.0. The quantitative estimate of drug-likeness (QED) is 0.427. The summed E-state index contributed by atoms with van der Waals surface area (Å²) in [4.78, 5) is 13.6. The van der Waals surface area contributed by atoms with Gasteiger partial charge in [-0.05, 0) is 54.4 Å². The van der Waals surface area contributed by atoms with Gasteiger partial charge in [0.2, 0.25) is 0 Å². The van der Waals surface area contributed by atoms with Crippen LogP contribution in [0.1, 0.15) is 13.3 Å². The number of nitrogens with zero attached hydrogens (tertiary/aromatic N) is 3. The molecule has 4 aromatic rings. The fourth-order valence-corrected chi connectivity index (χ4v) is 3.35. The summed E-state index contributed by atoms with van der Waals surface area (Å²) in [5, 5.41) is 4.17. The van der Waals surface area contributed by atoms with Crippen molar-refractivity contribution < 1.29 is 9.47 Å². The average molecular weight is 415 g/mol. The van der Waals surface area contributed by atoms with E-state index in [2.05, 4.69) is 34.6 Å². The number of fused-ring (bicyclic) bond motifs is 1. The molecule has 0 aliphatic heterocycles. The lowest BCUT2D eigenvalue weighted by molar-refractivity contribution is 0.0956. The Labute approximate surface area is 182 Å². The van der Waals surface area contributed by atoms with Gasteiger partial charge < -0.3 is 14.8 Å². The van der Waals surface area contributed by atoms with E-state index in [1.165, 1.54) is 0 Å². The Bertz CT molecular complexity index is 1160. The molecule has 0 saturated heterocycles. The zero-order valence-electron chi connectivity index (χ0n) is 18.0. The summed E-state index contributed by atoms with van der Waals surface area (Å²) in [6.45, 7) is 2.65. The number of methoxy groups -OCH3 is 1. The third-order valence-corrected chi connectivity index (χ3v) is 5.22. The van der Waals surface area contributed by atoms with Crippen molar-refractivity contribution in [3.63, 3.8) is 0 Å². The molecule has 1 N–H and O–H groups in total. The van der Waals surface area contributed by atoms with Crippen molar-refractivity contribution in [2.75, 3.05) is 26.1 Å². The topological polar surface area (TPSA) is 69.2 Å². The van der Waals surface area contributed by atoms with Crippen molar-refractivity contribution in [3.05, 3.63) is 67.0 Å². The van der Waals surface area contributed by atoms with Crippen LogP contribution in [0.2, 0.25) is 0 Å². The van der Waals surface area contributed by atoms with Gasteiger partial charge in [0, 0.05) is 43.9 Å². The van der Waals surface area contributed by atoms with Gasteiger partial charge in [-0.15, -0.1) is 0 Å². The SMILES string of the molecule is CNc1nc(-c2cccnc2)nc2ccc(-c3cccc(OCC[C@H](C)OC)c3)cc12. The van der Waals surface area contributed by atoms with E-state index in [0.29, 0.717) is 12.4 Å². The number of hydrogen-bond acceptors (Lipinski definition) is 6. The predicted octanol–water partition coefficient (Wildman–Crippen LogP) is 5.20. The van der Waals surface area contributed by atoms with Crippen LogP contribution in [0.4, 0.5) is 5.82 Å². The summed E-state index contributed by atoms with van der Waals surface area (Å²) in [6.07, 6.45) is 4.54. The van der Waals surface area contributed by atoms with E-state index in [1.807, 2.05) is 44.3 Å². The van der Waals surface area contributed by atoms with E-state index in [4.69, 9.17) is 19.4 Å². The van der Waals surface area contributed by atoms with Gasteiger partial charge in [0.25, 0.3) is 0 Å². The van der Waals surface area contributed by atoms with Crippen molar-refractivity contribution in [1.82, 2.24) is 15.0 Å². The highest BCUT2D eigenvalue weighted by Crippen LogP contribution is 2.30. The Kier molecular flexibility index (Phi) is 6.38. The molecule has 2 aromatic heterocycles. The lowest BCUT2D eigenvalue weighted by Gasteiger charge is -2.12. The molecule has 4 rings (SSSR count). The smallest absolute Gasteiger partial charge is 0.163 e. The van der Waals surface area contributed by atoms with E-state index < -0.39 is 0 Å². The zero-order chi connectivity index (χ0) is 21.6. The first kappa shape index (κ1) is 20.8. The molecule has 6 nitrogen and oxygen atoms in total. The average Bonchev–Trinajstić information content (AvgIpc) is 2.83. The summed E-state index contributed by atoms with van der Waals surface area (Å²) in [5.41, 5.74) is 3.93. The molecule has 0 aliphatic rings. The molecule has 0 spiro atoms. The lowest BCUT2D eigenvalue weighted by atomic mass is 10.0. The maximum atomic E-state index is 5.91. The molecule has 0 aliphatic carbocycles. The van der Waals surface area contributed by atoms with Gasteiger partial charge in [-0.3, -0.25) is 4.98 Å². The van der Waals surface area contributed by atoms with Gasteiger partial charge in [-0.1, -0.05) is 18.2 Å². The van der Waals surface area contributed by atoms with Crippen molar-refractivity contribution in [3.8, 4) is 28.3 Å². The third-order valence-electron chi connectivity index (χ3n) is 5.22. The standard InChI is InChI=1S/C25H26N4O2/c1-17(30-3)11-13-31-21-8-4-6-18(14-21)19-9-10-23-22(15-19)25(26-2)29-24(28-23)20-7-5-12-27-16-20/h4-10,12,14-17H,11,13H2,1-3H3,(H,26,28,29)/t17-/m0/s1. The molecule has 0 unspecified atom stereocenters. The van der Waals surface area contributed by atoms with Gasteiger partial charge in [-0.25, -0.2) is 9.97 Å². The number of hydrogen-bond donors (Lipinski definition) is 1. The van der Waals surface area contributed by atoms with E-state index in [9.17, 15) is 0 Å². The highest BCUT2D eigenvalue weighted by atomic mass is 16.5. The Morgan fingerprint density at radius 3 is 2.58 bits per heavy atom. The van der Waals surface area contributed by atoms with Gasteiger partial charge in [0.1, 0.15) is 11.6 Å². The van der Waals surface area contributed by atoms with Crippen molar-refractivity contribution in [2.45, 2.75) is 19.4 Å². The van der Waals surface area contributed by atoms with Crippen LogP contribution in [0.15, 0.2) is 67.0 Å². The number of rotatable bonds is 8. The highest BCUT2D eigenvalue weighted by Gasteiger charge is 2.11. The minimum Gasteiger partial charge on any atom is -0.493 e. The first-order chi connectivity index (χ1) is 15.2. The predicted molar refractivity (Wildman–Crippen MR) is 124 cm³/mol. The maximum Gasteiger partial charge on any atom is 0.163 e. The van der Waals surface area contributed by atoms with Crippen LogP contribution in [0.25, 0.3) is 33.4 Å². The number of pyridine rings is 1. The molecule has 158 valence electrons. The Hall–Kier alpha value is -3.51. The fraction of sp³-hybridized carbons (Fsp3) is 0.240. The number of anilines is 1. The molecule has 0 bridgehead atoms. The van der Waals surface area contributed by atoms with Crippen molar-refractivity contribution in [1.29, 1.82) is 0 Å². The number of ether oxygens (including phenoxy) is 2. The number of aromatic nitrogens is 3. The summed E-state index contributed by atoms with van der Waals surface area (Å²) >= 11 is 0. The number of nitrogens with one attached hydrogen (secondary N) is 1. The van der Waals surface area contributed by atoms with Crippen LogP contribution >= 0.6 is 0 Å². The van der Waals surface area contributed by atoms with Gasteiger partial charge in [0.05, 0.1) is 18.2 Å². The molecule has 0 saturated carbocycles. The van der Waals surface area contributed by atoms with Crippen LogP contribution in [0.5, 0.6) is 5.75 Å². The summed E-state index contributed by atoms with van der Waals surface area (Å²) in [7, 11) is 3.59. The molecule has 2 aromatic carbocycles. The first-order valence-electron chi connectivity index (χ1n) is 10.3. The van der Waals surface area contributed by atoms with E-state index in [1.54, 1.807) is 19.5 Å². The van der Waals surface area contributed by atoms with Gasteiger partial charge in [-0.2, -0.15) is 0 Å². The third kappa shape index (κ3) is 4.81. The Morgan fingerprint density at radius 1 is 0.968 bits per heavy atom. The van der Waals surface area contributed by atoms with Crippen LogP contribution in [-0.2, 0) is 4.74 Å². The van der Waals surface area contributed by atoms with E-state index in [0.717, 1.165) is 45.6 Å². The zero-order valence-corrected chi connectivity index (χ0v) is 18.0. The van der Waals surface area contributed by atoms with Gasteiger partial charge in [0.15, 0.2) is 5.82 Å². The number of benzene rings is 2. The second kappa shape index (κ2) is 9.53. The summed E-state index contributed by atoms with van der Waals surface area (Å²) in [6, 6.07) is 18.2. The second-order valence-corrected chi connectivity index (χ2v) is 7.33. The molecule has 2 heterocycles. The minimum atomic E-state index is 0.181. The largest absolute Gasteiger partial charge is 0.493 e. The monoisotopic (exact) mass is 414 g/mol. The van der Waals surface area contributed by atoms with Crippen molar-refractivity contribution >= 4 is 16.7 Å². The van der Waals surface area contributed by atoms with Gasteiger partial charge >= 0.3 is 0 Å². The highest BCUT2D eigenvalue weighted by molar-refractivity contribution is 5.94. The lowest BCUT2D eigenvalue weighted by Crippen LogP contribution is -2.10. The fourth-order valence-electron chi connectivity index (χ4n) is 3.35. The van der Waals surface area contributed by atoms with E-state index >= 15 is 0 Å². The molecular weight excluding hydrogens is 388 g/mol. The minimum absolute atomic E-state index is 0.181. The molecule has 0 radical (unpaired) electrons. The van der Waals surface area contributed by atoms with Crippen LogP contribution in [0, 0.1) is 0 Å². The molecule has 1 atom stereocenters. The van der Waals surface area contributed by atoms with Crippen LogP contribution < -0.4 is 10.1 Å². The van der Waals surface area contributed by atoms with Crippen LogP contribution in [-0.4, -0.2) is 41.8 Å². The molecule has 6 heteroatoms. The Morgan fingerprint density at radius 2 is 1.81 bits per heavy atom. The molecule has 0 fully saturated rings. The summed E-state index contributed by atoms with van der Waals surface area (Å²) < 4.78 is 11.2. The second-order valence-electron chi connectivity index (χ2n) is 7.33. The molecule has 0 amide bonds. The van der Waals surface area contributed by atoms with E-state index in [-0.39, 0.29) is 6.10 Å². The Balaban J connectivity index is 1.64. The summed E-state index contributed by atoms with van der Waals surface area (Å²) in [5.74, 6) is 2.28. The first-order valence-corrected chi connectivity index (χ1v) is 10.3. The van der Waals surface area contributed by atoms with Crippen molar-refractivity contribution in [2.24, 2.45) is 0 Å². The maximum absolute atomic E-state index is 5.91.